The Hall–Kier alpha value is -1.01. The number of nitrogens with zero attached hydrogens (tertiary/aromatic N) is 2. The first-order chi connectivity index (χ1) is 9.05. The van der Waals surface area contributed by atoms with E-state index in [-0.39, 0.29) is 18.1 Å². The van der Waals surface area contributed by atoms with Gasteiger partial charge >= 0.3 is 6.18 Å². The highest BCUT2D eigenvalue weighted by Crippen LogP contribution is 2.38. The molecule has 2 aliphatic rings. The van der Waals surface area contributed by atoms with Gasteiger partial charge in [-0.3, -0.25) is 4.98 Å². The van der Waals surface area contributed by atoms with Crippen LogP contribution in [0.1, 0.15) is 12.0 Å². The predicted octanol–water partition coefficient (Wildman–Crippen LogP) is 2.57. The van der Waals surface area contributed by atoms with Crippen LogP contribution >= 0.6 is 12.4 Å². The summed E-state index contributed by atoms with van der Waals surface area (Å²) in [5, 5.41) is 3.32. The van der Waals surface area contributed by atoms with E-state index in [9.17, 15) is 13.2 Å². The van der Waals surface area contributed by atoms with Gasteiger partial charge < -0.3 is 10.2 Å². The van der Waals surface area contributed by atoms with Gasteiger partial charge in [0.05, 0.1) is 17.4 Å². The van der Waals surface area contributed by atoms with Gasteiger partial charge in [0, 0.05) is 19.3 Å². The fourth-order valence-electron chi connectivity index (χ4n) is 3.13. The summed E-state index contributed by atoms with van der Waals surface area (Å²) in [5.41, 5.74) is -0.354. The zero-order chi connectivity index (χ0) is 13.5. The highest BCUT2D eigenvalue weighted by Gasteiger charge is 2.38. The summed E-state index contributed by atoms with van der Waals surface area (Å²) in [5.74, 6) is 1.07. The van der Waals surface area contributed by atoms with E-state index >= 15 is 0 Å². The van der Waals surface area contributed by atoms with Gasteiger partial charge in [0.25, 0.3) is 0 Å². The average Bonchev–Trinajstić information content (AvgIpc) is 2.85. The molecule has 2 fully saturated rings. The summed E-state index contributed by atoms with van der Waals surface area (Å²) in [6.45, 7) is 3.27. The molecule has 3 rings (SSSR count). The van der Waals surface area contributed by atoms with Crippen molar-refractivity contribution in [2.24, 2.45) is 11.8 Å². The van der Waals surface area contributed by atoms with Gasteiger partial charge in [0.2, 0.25) is 0 Å². The van der Waals surface area contributed by atoms with Crippen LogP contribution in [0.2, 0.25) is 0 Å². The number of fused-ring (bicyclic) bond motifs is 1. The normalized spacial score (nSPS) is 26.1. The third-order valence-electron chi connectivity index (χ3n) is 4.15. The number of hydrogen-bond acceptors (Lipinski definition) is 3. The molecule has 7 heteroatoms. The Morgan fingerprint density at radius 3 is 2.75 bits per heavy atom. The standard InChI is InChI=1S/C13H16F3N3.ClH/c14-13(15,16)11-1-3-17-7-12(11)19-4-2-9-5-18-6-10(9)8-19;/h1,3,7,9-10,18H,2,4-6,8H2;1H/t9-,10-;/m1./s1. The number of anilines is 1. The third-order valence-corrected chi connectivity index (χ3v) is 4.15. The first-order valence-corrected chi connectivity index (χ1v) is 6.52. The molecular weight excluding hydrogens is 291 g/mol. The molecular formula is C13H17ClF3N3. The average molecular weight is 308 g/mol. The Morgan fingerprint density at radius 1 is 1.25 bits per heavy atom. The van der Waals surface area contributed by atoms with Crippen molar-refractivity contribution in [3.8, 4) is 0 Å². The number of alkyl halides is 3. The maximum absolute atomic E-state index is 13.0. The lowest BCUT2D eigenvalue weighted by Gasteiger charge is -2.36. The van der Waals surface area contributed by atoms with Crippen molar-refractivity contribution in [3.05, 3.63) is 24.0 Å². The molecule has 0 aliphatic carbocycles. The van der Waals surface area contributed by atoms with Crippen LogP contribution in [0, 0.1) is 11.8 Å². The summed E-state index contributed by atoms with van der Waals surface area (Å²) in [6, 6.07) is 1.06. The van der Waals surface area contributed by atoms with Crippen LogP contribution in [-0.2, 0) is 6.18 Å². The summed E-state index contributed by atoms with van der Waals surface area (Å²) in [6.07, 6.45) is -0.825. The quantitative estimate of drug-likeness (QED) is 0.864. The van der Waals surface area contributed by atoms with Gasteiger partial charge in [-0.15, -0.1) is 12.4 Å². The number of nitrogens with one attached hydrogen (secondary N) is 1. The van der Waals surface area contributed by atoms with E-state index in [0.717, 1.165) is 25.6 Å². The molecule has 0 amide bonds. The van der Waals surface area contributed by atoms with Crippen LogP contribution in [0.5, 0.6) is 0 Å². The Morgan fingerprint density at radius 2 is 2.00 bits per heavy atom. The van der Waals surface area contributed by atoms with Crippen LogP contribution in [0.15, 0.2) is 18.5 Å². The van der Waals surface area contributed by atoms with Gasteiger partial charge in [-0.25, -0.2) is 0 Å². The van der Waals surface area contributed by atoms with Crippen molar-refractivity contribution >= 4 is 18.1 Å². The molecule has 0 unspecified atom stereocenters. The van der Waals surface area contributed by atoms with E-state index in [1.807, 2.05) is 4.90 Å². The minimum Gasteiger partial charge on any atom is -0.369 e. The molecule has 3 nitrogen and oxygen atoms in total. The van der Waals surface area contributed by atoms with Crippen molar-refractivity contribution in [1.82, 2.24) is 10.3 Å². The Labute approximate surface area is 122 Å². The lowest BCUT2D eigenvalue weighted by atomic mass is 9.88. The largest absolute Gasteiger partial charge is 0.418 e. The third kappa shape index (κ3) is 2.86. The SMILES string of the molecule is Cl.FC(F)(F)c1ccncc1N1CC[C@@H]2CNC[C@@H]2C1. The molecule has 2 atom stereocenters. The molecule has 1 aromatic heterocycles. The topological polar surface area (TPSA) is 28.2 Å². The molecule has 0 saturated carbocycles. The molecule has 20 heavy (non-hydrogen) atoms. The van der Waals surface area contributed by atoms with E-state index in [2.05, 4.69) is 10.3 Å². The van der Waals surface area contributed by atoms with Crippen molar-refractivity contribution in [2.45, 2.75) is 12.6 Å². The maximum atomic E-state index is 13.0. The fraction of sp³-hybridized carbons (Fsp3) is 0.615. The Balaban J connectivity index is 0.00000147. The van der Waals surface area contributed by atoms with Crippen LogP contribution in [0.4, 0.5) is 18.9 Å². The summed E-state index contributed by atoms with van der Waals surface area (Å²) in [7, 11) is 0. The van der Waals surface area contributed by atoms with E-state index < -0.39 is 11.7 Å². The van der Waals surface area contributed by atoms with E-state index in [0.29, 0.717) is 24.9 Å². The number of rotatable bonds is 1. The van der Waals surface area contributed by atoms with Gasteiger partial charge in [-0.1, -0.05) is 0 Å². The Kier molecular flexibility index (Phi) is 4.44. The number of halogens is 4. The van der Waals surface area contributed by atoms with Crippen molar-refractivity contribution < 1.29 is 13.2 Å². The molecule has 2 aliphatic heterocycles. The fourth-order valence-corrected chi connectivity index (χ4v) is 3.13. The molecule has 0 spiro atoms. The molecule has 3 heterocycles. The second-order valence-corrected chi connectivity index (χ2v) is 5.30. The second kappa shape index (κ2) is 5.77. The van der Waals surface area contributed by atoms with Crippen molar-refractivity contribution in [2.75, 3.05) is 31.1 Å². The summed E-state index contributed by atoms with van der Waals surface area (Å²) >= 11 is 0. The summed E-state index contributed by atoms with van der Waals surface area (Å²) in [4.78, 5) is 5.70. The lowest BCUT2D eigenvalue weighted by Crippen LogP contribution is -2.40. The zero-order valence-corrected chi connectivity index (χ0v) is 11.7. The number of pyridine rings is 1. The maximum Gasteiger partial charge on any atom is 0.418 e. The molecule has 1 aromatic rings. The minimum atomic E-state index is -4.32. The molecule has 0 aromatic carbocycles. The lowest BCUT2D eigenvalue weighted by molar-refractivity contribution is -0.137. The summed E-state index contributed by atoms with van der Waals surface area (Å²) < 4.78 is 39.0. The molecule has 112 valence electrons. The van der Waals surface area contributed by atoms with Gasteiger partial charge in [-0.2, -0.15) is 13.2 Å². The van der Waals surface area contributed by atoms with Crippen molar-refractivity contribution in [3.63, 3.8) is 0 Å². The zero-order valence-electron chi connectivity index (χ0n) is 10.9. The second-order valence-electron chi connectivity index (χ2n) is 5.30. The number of hydrogen-bond donors (Lipinski definition) is 1. The van der Waals surface area contributed by atoms with E-state index in [4.69, 9.17) is 0 Å². The molecule has 0 radical (unpaired) electrons. The smallest absolute Gasteiger partial charge is 0.369 e. The first kappa shape index (κ1) is 15.4. The number of aromatic nitrogens is 1. The number of piperidine rings is 1. The van der Waals surface area contributed by atoms with E-state index in [1.54, 1.807) is 0 Å². The van der Waals surface area contributed by atoms with E-state index in [1.165, 1.54) is 12.4 Å². The van der Waals surface area contributed by atoms with Crippen LogP contribution in [-0.4, -0.2) is 31.2 Å². The highest BCUT2D eigenvalue weighted by molar-refractivity contribution is 5.85. The molecule has 2 saturated heterocycles. The van der Waals surface area contributed by atoms with Gasteiger partial charge in [0.15, 0.2) is 0 Å². The predicted molar refractivity (Wildman–Crippen MR) is 73.2 cm³/mol. The van der Waals surface area contributed by atoms with Crippen LogP contribution in [0.25, 0.3) is 0 Å². The van der Waals surface area contributed by atoms with Crippen LogP contribution < -0.4 is 10.2 Å². The van der Waals surface area contributed by atoms with Gasteiger partial charge in [-0.05, 0) is 37.4 Å². The van der Waals surface area contributed by atoms with Gasteiger partial charge in [0.1, 0.15) is 0 Å². The Bertz CT molecular complexity index is 466. The highest BCUT2D eigenvalue weighted by atomic mass is 35.5. The van der Waals surface area contributed by atoms with Crippen molar-refractivity contribution in [1.29, 1.82) is 0 Å². The molecule has 0 bridgehead atoms. The molecule has 1 N–H and O–H groups in total. The first-order valence-electron chi connectivity index (χ1n) is 6.52. The minimum absolute atomic E-state index is 0. The monoisotopic (exact) mass is 307 g/mol. The van der Waals surface area contributed by atoms with Crippen LogP contribution in [0.3, 0.4) is 0 Å².